The minimum Gasteiger partial charge on any atom is -0.330 e. The summed E-state index contributed by atoms with van der Waals surface area (Å²) in [6.45, 7) is 5.82. The third-order valence-corrected chi connectivity index (χ3v) is 2.13. The molecule has 0 bridgehead atoms. The van der Waals surface area contributed by atoms with Crippen molar-refractivity contribution in [1.29, 1.82) is 0 Å². The summed E-state index contributed by atoms with van der Waals surface area (Å²) < 4.78 is 1.96. The zero-order chi connectivity index (χ0) is 11.1. The molecule has 0 unspecified atom stereocenters. The summed E-state index contributed by atoms with van der Waals surface area (Å²) in [4.78, 5) is 0. The van der Waals surface area contributed by atoms with E-state index >= 15 is 0 Å². The molecule has 1 aromatic heterocycles. The molecule has 0 saturated heterocycles. The number of aryl methyl sites for hydroxylation is 2. The van der Waals surface area contributed by atoms with Gasteiger partial charge in [0.1, 0.15) is 0 Å². The van der Waals surface area contributed by atoms with E-state index in [9.17, 15) is 0 Å². The fourth-order valence-electron chi connectivity index (χ4n) is 1.33. The molecule has 0 aliphatic carbocycles. The van der Waals surface area contributed by atoms with Crippen LogP contribution < -0.4 is 5.73 Å². The highest BCUT2D eigenvalue weighted by Gasteiger charge is 2.00. The van der Waals surface area contributed by atoms with Gasteiger partial charge in [-0.2, -0.15) is 5.10 Å². The lowest BCUT2D eigenvalue weighted by Gasteiger charge is -1.93. The van der Waals surface area contributed by atoms with Gasteiger partial charge in [0.05, 0.1) is 11.3 Å². The van der Waals surface area contributed by atoms with Crippen LogP contribution in [0.25, 0.3) is 0 Å². The van der Waals surface area contributed by atoms with Crippen molar-refractivity contribution < 1.29 is 0 Å². The van der Waals surface area contributed by atoms with Gasteiger partial charge in [-0.3, -0.25) is 4.68 Å². The van der Waals surface area contributed by atoms with Crippen molar-refractivity contribution in [3.05, 3.63) is 17.5 Å². The first-order valence-electron chi connectivity index (χ1n) is 5.51. The van der Waals surface area contributed by atoms with Crippen LogP contribution in [0.2, 0.25) is 0 Å². The van der Waals surface area contributed by atoms with E-state index in [-0.39, 0.29) is 0 Å². The van der Waals surface area contributed by atoms with Gasteiger partial charge in [-0.15, -0.1) is 0 Å². The quantitative estimate of drug-likeness (QED) is 0.600. The van der Waals surface area contributed by atoms with Crippen molar-refractivity contribution in [3.8, 4) is 11.8 Å². The average Bonchev–Trinajstić information content (AvgIpc) is 2.55. The SMILES string of the molecule is CCCn1cc(C#CCCCN)c(C)n1. The van der Waals surface area contributed by atoms with Gasteiger partial charge in [0, 0.05) is 19.2 Å². The topological polar surface area (TPSA) is 43.8 Å². The molecule has 0 aliphatic heterocycles. The molecule has 0 atom stereocenters. The Hall–Kier alpha value is -1.27. The van der Waals surface area contributed by atoms with Crippen LogP contribution >= 0.6 is 0 Å². The van der Waals surface area contributed by atoms with Gasteiger partial charge in [-0.1, -0.05) is 18.8 Å². The van der Waals surface area contributed by atoms with Gasteiger partial charge >= 0.3 is 0 Å². The summed E-state index contributed by atoms with van der Waals surface area (Å²) in [6.07, 6.45) is 4.96. The maximum absolute atomic E-state index is 5.40. The molecule has 0 saturated carbocycles. The Morgan fingerprint density at radius 3 is 3.00 bits per heavy atom. The maximum atomic E-state index is 5.40. The lowest BCUT2D eigenvalue weighted by atomic mass is 10.2. The van der Waals surface area contributed by atoms with E-state index in [2.05, 4.69) is 23.9 Å². The predicted molar refractivity (Wildman–Crippen MR) is 62.4 cm³/mol. The molecule has 82 valence electrons. The Morgan fingerprint density at radius 2 is 2.33 bits per heavy atom. The molecule has 3 heteroatoms. The average molecular weight is 205 g/mol. The molecule has 1 aromatic rings. The molecule has 1 rings (SSSR count). The Labute approximate surface area is 91.7 Å². The first-order valence-corrected chi connectivity index (χ1v) is 5.51. The number of hydrogen-bond donors (Lipinski definition) is 1. The lowest BCUT2D eigenvalue weighted by Crippen LogP contribution is -1.96. The Morgan fingerprint density at radius 1 is 1.53 bits per heavy atom. The predicted octanol–water partition coefficient (Wildman–Crippen LogP) is 1.69. The number of aromatic nitrogens is 2. The molecular weight excluding hydrogens is 186 g/mol. The molecule has 2 N–H and O–H groups in total. The van der Waals surface area contributed by atoms with Gasteiger partial charge in [-0.25, -0.2) is 0 Å². The van der Waals surface area contributed by atoms with Gasteiger partial charge in [-0.05, 0) is 26.3 Å². The highest BCUT2D eigenvalue weighted by atomic mass is 15.3. The highest BCUT2D eigenvalue weighted by Crippen LogP contribution is 2.04. The molecule has 0 amide bonds. The second kappa shape index (κ2) is 6.26. The third-order valence-electron chi connectivity index (χ3n) is 2.13. The Kier molecular flexibility index (Phi) is 4.92. The number of rotatable bonds is 4. The summed E-state index contributed by atoms with van der Waals surface area (Å²) in [6, 6.07) is 0. The standard InChI is InChI=1S/C12H19N3/c1-3-9-15-10-12(11(2)14-15)7-5-4-6-8-13/h10H,3-4,6,8-9,13H2,1-2H3. The van der Waals surface area contributed by atoms with E-state index < -0.39 is 0 Å². The second-order valence-corrected chi connectivity index (χ2v) is 3.59. The third kappa shape index (κ3) is 3.77. The van der Waals surface area contributed by atoms with Crippen LogP contribution in [0.3, 0.4) is 0 Å². The van der Waals surface area contributed by atoms with Crippen LogP contribution in [0, 0.1) is 18.8 Å². The van der Waals surface area contributed by atoms with E-state index in [0.717, 1.165) is 37.1 Å². The minimum atomic E-state index is 0.711. The van der Waals surface area contributed by atoms with Gasteiger partial charge in [0.15, 0.2) is 0 Å². The van der Waals surface area contributed by atoms with Crippen molar-refractivity contribution in [3.63, 3.8) is 0 Å². The van der Waals surface area contributed by atoms with Gasteiger partial charge < -0.3 is 5.73 Å². The van der Waals surface area contributed by atoms with E-state index in [1.165, 1.54) is 0 Å². The first-order chi connectivity index (χ1) is 7.27. The molecule has 0 radical (unpaired) electrons. The maximum Gasteiger partial charge on any atom is 0.0750 e. The number of unbranched alkanes of at least 4 members (excludes halogenated alkanes) is 1. The molecule has 15 heavy (non-hydrogen) atoms. The van der Waals surface area contributed by atoms with Crippen LogP contribution in [0.5, 0.6) is 0 Å². The van der Waals surface area contributed by atoms with Crippen LogP contribution in [-0.4, -0.2) is 16.3 Å². The van der Waals surface area contributed by atoms with Crippen molar-refractivity contribution >= 4 is 0 Å². The molecule has 0 fully saturated rings. The van der Waals surface area contributed by atoms with Crippen LogP contribution in [-0.2, 0) is 6.54 Å². The highest BCUT2D eigenvalue weighted by molar-refractivity contribution is 5.35. The zero-order valence-corrected chi connectivity index (χ0v) is 9.58. The normalized spacial score (nSPS) is 9.80. The summed E-state index contributed by atoms with van der Waals surface area (Å²) in [5, 5.41) is 4.39. The monoisotopic (exact) mass is 205 g/mol. The molecule has 0 aromatic carbocycles. The Bertz CT molecular complexity index is 355. The van der Waals surface area contributed by atoms with Crippen molar-refractivity contribution in [1.82, 2.24) is 9.78 Å². The van der Waals surface area contributed by atoms with E-state index in [1.807, 2.05) is 17.8 Å². The van der Waals surface area contributed by atoms with Crippen molar-refractivity contribution in [2.75, 3.05) is 6.54 Å². The molecule has 0 spiro atoms. The fraction of sp³-hybridized carbons (Fsp3) is 0.583. The lowest BCUT2D eigenvalue weighted by molar-refractivity contribution is 0.598. The first kappa shape index (κ1) is 11.8. The van der Waals surface area contributed by atoms with Gasteiger partial charge in [0.2, 0.25) is 0 Å². The fourth-order valence-corrected chi connectivity index (χ4v) is 1.33. The summed E-state index contributed by atoms with van der Waals surface area (Å²) in [5.74, 6) is 6.25. The number of hydrogen-bond acceptors (Lipinski definition) is 2. The van der Waals surface area contributed by atoms with Crippen LogP contribution in [0.1, 0.15) is 37.4 Å². The molecule has 1 heterocycles. The Balaban J connectivity index is 2.62. The van der Waals surface area contributed by atoms with Crippen molar-refractivity contribution in [2.24, 2.45) is 5.73 Å². The van der Waals surface area contributed by atoms with Crippen LogP contribution in [0.15, 0.2) is 6.20 Å². The largest absolute Gasteiger partial charge is 0.330 e. The van der Waals surface area contributed by atoms with Crippen molar-refractivity contribution in [2.45, 2.75) is 39.7 Å². The van der Waals surface area contributed by atoms with Gasteiger partial charge in [0.25, 0.3) is 0 Å². The smallest absolute Gasteiger partial charge is 0.0750 e. The second-order valence-electron chi connectivity index (χ2n) is 3.59. The van der Waals surface area contributed by atoms with E-state index in [1.54, 1.807) is 0 Å². The number of nitrogens with zero attached hydrogens (tertiary/aromatic N) is 2. The van der Waals surface area contributed by atoms with Crippen LogP contribution in [0.4, 0.5) is 0 Å². The molecule has 3 nitrogen and oxygen atoms in total. The minimum absolute atomic E-state index is 0.711. The summed E-state index contributed by atoms with van der Waals surface area (Å²) in [7, 11) is 0. The zero-order valence-electron chi connectivity index (χ0n) is 9.58. The molecule has 0 aliphatic rings. The summed E-state index contributed by atoms with van der Waals surface area (Å²) >= 11 is 0. The summed E-state index contributed by atoms with van der Waals surface area (Å²) in [5.41, 5.74) is 7.46. The van der Waals surface area contributed by atoms with E-state index in [4.69, 9.17) is 5.73 Å². The molecular formula is C12H19N3. The van der Waals surface area contributed by atoms with E-state index in [0.29, 0.717) is 6.54 Å². The number of nitrogens with two attached hydrogens (primary N) is 1.